The van der Waals surface area contributed by atoms with Crippen molar-refractivity contribution < 1.29 is 8.42 Å². The summed E-state index contributed by atoms with van der Waals surface area (Å²) in [6.07, 6.45) is 0. The van der Waals surface area contributed by atoms with Crippen molar-refractivity contribution in [1.82, 2.24) is 4.31 Å². The second-order valence-corrected chi connectivity index (χ2v) is 8.23. The molecule has 3 rings (SSSR count). The predicted molar refractivity (Wildman–Crippen MR) is 98.0 cm³/mol. The first-order valence-electron chi connectivity index (χ1n) is 7.75. The summed E-state index contributed by atoms with van der Waals surface area (Å²) in [5.41, 5.74) is 8.45. The monoisotopic (exact) mass is 365 g/mol. The van der Waals surface area contributed by atoms with Crippen molar-refractivity contribution in [3.8, 4) is 0 Å². The van der Waals surface area contributed by atoms with Crippen molar-refractivity contribution in [2.75, 3.05) is 36.8 Å². The van der Waals surface area contributed by atoms with E-state index in [2.05, 4.69) is 0 Å². The molecule has 2 aromatic rings. The second-order valence-electron chi connectivity index (χ2n) is 5.88. The van der Waals surface area contributed by atoms with Gasteiger partial charge in [0.15, 0.2) is 0 Å². The van der Waals surface area contributed by atoms with Crippen molar-refractivity contribution in [3.63, 3.8) is 0 Å². The molecule has 5 nitrogen and oxygen atoms in total. The van der Waals surface area contributed by atoms with Gasteiger partial charge in [-0.05, 0) is 31.2 Å². The number of rotatable bonds is 3. The van der Waals surface area contributed by atoms with Gasteiger partial charge >= 0.3 is 0 Å². The van der Waals surface area contributed by atoms with Crippen molar-refractivity contribution in [1.29, 1.82) is 0 Å². The van der Waals surface area contributed by atoms with E-state index in [1.54, 1.807) is 30.3 Å². The van der Waals surface area contributed by atoms with Gasteiger partial charge in [0.25, 0.3) is 0 Å². The Morgan fingerprint density at radius 1 is 1.00 bits per heavy atom. The van der Waals surface area contributed by atoms with Crippen LogP contribution in [0.15, 0.2) is 47.4 Å². The highest BCUT2D eigenvalue weighted by Gasteiger charge is 2.29. The topological polar surface area (TPSA) is 66.6 Å². The molecule has 0 aliphatic carbocycles. The number of piperazine rings is 1. The van der Waals surface area contributed by atoms with E-state index < -0.39 is 10.0 Å². The minimum atomic E-state index is -3.46. The Labute approximate surface area is 147 Å². The molecule has 0 radical (unpaired) electrons. The number of nitrogens with two attached hydrogens (primary N) is 1. The molecule has 0 aromatic heterocycles. The van der Waals surface area contributed by atoms with Gasteiger partial charge in [0.2, 0.25) is 10.0 Å². The van der Waals surface area contributed by atoms with Crippen molar-refractivity contribution >= 4 is 33.0 Å². The van der Waals surface area contributed by atoms with E-state index in [0.717, 1.165) is 11.3 Å². The van der Waals surface area contributed by atoms with Gasteiger partial charge in [0.1, 0.15) is 0 Å². The molecule has 0 atom stereocenters. The van der Waals surface area contributed by atoms with E-state index in [4.69, 9.17) is 17.3 Å². The Bertz CT molecular complexity index is 809. The van der Waals surface area contributed by atoms with Crippen molar-refractivity contribution in [3.05, 3.63) is 53.1 Å². The molecule has 0 spiro atoms. The average molecular weight is 366 g/mol. The lowest BCUT2D eigenvalue weighted by Crippen LogP contribution is -2.48. The van der Waals surface area contributed by atoms with Gasteiger partial charge in [-0.3, -0.25) is 0 Å². The largest absolute Gasteiger partial charge is 0.397 e. The quantitative estimate of drug-likeness (QED) is 0.849. The van der Waals surface area contributed by atoms with Gasteiger partial charge in [0.05, 0.1) is 21.3 Å². The maximum Gasteiger partial charge on any atom is 0.243 e. The third-order valence-electron chi connectivity index (χ3n) is 4.23. The molecule has 0 saturated carbocycles. The van der Waals surface area contributed by atoms with E-state index in [1.165, 1.54) is 4.31 Å². The van der Waals surface area contributed by atoms with Crippen LogP contribution in [0.1, 0.15) is 5.56 Å². The molecule has 1 heterocycles. The van der Waals surface area contributed by atoms with E-state index in [9.17, 15) is 8.42 Å². The van der Waals surface area contributed by atoms with Gasteiger partial charge in [-0.25, -0.2) is 8.42 Å². The van der Waals surface area contributed by atoms with Gasteiger partial charge < -0.3 is 10.6 Å². The second kappa shape index (κ2) is 6.63. The van der Waals surface area contributed by atoms with Gasteiger partial charge in [-0.1, -0.05) is 35.4 Å². The van der Waals surface area contributed by atoms with Crippen LogP contribution in [0.4, 0.5) is 11.4 Å². The van der Waals surface area contributed by atoms with Crippen LogP contribution >= 0.6 is 11.6 Å². The summed E-state index contributed by atoms with van der Waals surface area (Å²) in [5, 5.41) is 0.588. The van der Waals surface area contributed by atoms with E-state index >= 15 is 0 Å². The van der Waals surface area contributed by atoms with Crippen LogP contribution in [-0.4, -0.2) is 38.9 Å². The fourth-order valence-electron chi connectivity index (χ4n) is 2.88. The molecule has 1 saturated heterocycles. The highest BCUT2D eigenvalue weighted by molar-refractivity contribution is 7.89. The number of anilines is 2. The average Bonchev–Trinajstić information content (AvgIpc) is 2.55. The number of aryl methyl sites for hydroxylation is 1. The Morgan fingerprint density at radius 2 is 1.62 bits per heavy atom. The zero-order valence-electron chi connectivity index (χ0n) is 13.4. The normalized spacial score (nSPS) is 16.3. The van der Waals surface area contributed by atoms with Gasteiger partial charge in [-0.2, -0.15) is 4.31 Å². The van der Waals surface area contributed by atoms with Gasteiger partial charge in [0, 0.05) is 26.2 Å². The lowest BCUT2D eigenvalue weighted by atomic mass is 10.2. The molecule has 0 unspecified atom stereocenters. The van der Waals surface area contributed by atoms with Crippen LogP contribution in [-0.2, 0) is 10.0 Å². The number of hydrogen-bond acceptors (Lipinski definition) is 4. The third kappa shape index (κ3) is 3.22. The first-order chi connectivity index (χ1) is 11.4. The van der Waals surface area contributed by atoms with Crippen LogP contribution in [0.3, 0.4) is 0 Å². The van der Waals surface area contributed by atoms with Gasteiger partial charge in [-0.15, -0.1) is 0 Å². The number of benzene rings is 2. The summed E-state index contributed by atoms with van der Waals surface area (Å²) in [6, 6.07) is 12.3. The van der Waals surface area contributed by atoms with Crippen LogP contribution in [0.2, 0.25) is 5.02 Å². The zero-order chi connectivity index (χ0) is 17.3. The summed E-state index contributed by atoms with van der Waals surface area (Å²) < 4.78 is 27.0. The Balaban J connectivity index is 1.76. The molecule has 0 bridgehead atoms. The predicted octanol–water partition coefficient (Wildman–Crippen LogP) is 2.74. The Morgan fingerprint density at radius 3 is 2.21 bits per heavy atom. The first kappa shape index (κ1) is 17.1. The number of nitrogen functional groups attached to an aromatic ring is 1. The maximum atomic E-state index is 12.7. The summed E-state index contributed by atoms with van der Waals surface area (Å²) in [4.78, 5) is 2.37. The molecule has 24 heavy (non-hydrogen) atoms. The Kier molecular flexibility index (Phi) is 4.71. The lowest BCUT2D eigenvalue weighted by Gasteiger charge is -2.36. The molecule has 7 heteroatoms. The molecule has 2 N–H and O–H groups in total. The zero-order valence-corrected chi connectivity index (χ0v) is 15.0. The SMILES string of the molecule is Cc1ccc(S(=O)(=O)N2CCN(c3c(N)cccc3Cl)CC2)cc1. The van der Waals surface area contributed by atoms with Crippen molar-refractivity contribution in [2.45, 2.75) is 11.8 Å². The molecule has 128 valence electrons. The standard InChI is InChI=1S/C17H20ClN3O2S/c1-13-5-7-14(8-6-13)24(22,23)21-11-9-20(10-12-21)17-15(18)3-2-4-16(17)19/h2-8H,9-12,19H2,1H3. The van der Waals surface area contributed by atoms with E-state index in [0.29, 0.717) is 41.8 Å². The summed E-state index contributed by atoms with van der Waals surface area (Å²) >= 11 is 6.25. The molecule has 1 aliphatic rings. The molecule has 0 amide bonds. The third-order valence-corrected chi connectivity index (χ3v) is 6.45. The molecule has 2 aromatic carbocycles. The van der Waals surface area contributed by atoms with Crippen LogP contribution < -0.4 is 10.6 Å². The minimum Gasteiger partial charge on any atom is -0.397 e. The Hall–Kier alpha value is -1.76. The summed E-state index contributed by atoms with van der Waals surface area (Å²) in [7, 11) is -3.46. The fraction of sp³-hybridized carbons (Fsp3) is 0.294. The maximum absolute atomic E-state index is 12.7. The molecular weight excluding hydrogens is 346 g/mol. The molecule has 1 aliphatic heterocycles. The number of para-hydroxylation sites is 1. The number of halogens is 1. The summed E-state index contributed by atoms with van der Waals surface area (Å²) in [6.45, 7) is 3.85. The highest BCUT2D eigenvalue weighted by atomic mass is 35.5. The highest BCUT2D eigenvalue weighted by Crippen LogP contribution is 2.33. The number of hydrogen-bond donors (Lipinski definition) is 1. The smallest absolute Gasteiger partial charge is 0.243 e. The van der Waals surface area contributed by atoms with Crippen molar-refractivity contribution in [2.24, 2.45) is 0 Å². The summed E-state index contributed by atoms with van der Waals surface area (Å²) in [5.74, 6) is 0. The van der Waals surface area contributed by atoms with Crippen LogP contribution in [0, 0.1) is 6.92 Å². The lowest BCUT2D eigenvalue weighted by molar-refractivity contribution is 0.385. The first-order valence-corrected chi connectivity index (χ1v) is 9.57. The van der Waals surface area contributed by atoms with E-state index in [-0.39, 0.29) is 0 Å². The minimum absolute atomic E-state index is 0.332. The number of nitrogens with zero attached hydrogens (tertiary/aromatic N) is 2. The number of sulfonamides is 1. The molecule has 1 fully saturated rings. The fourth-order valence-corrected chi connectivity index (χ4v) is 4.60. The van der Waals surface area contributed by atoms with E-state index in [1.807, 2.05) is 24.0 Å². The van der Waals surface area contributed by atoms with Crippen LogP contribution in [0.25, 0.3) is 0 Å². The molecular formula is C17H20ClN3O2S. The van der Waals surface area contributed by atoms with Crippen LogP contribution in [0.5, 0.6) is 0 Å².